The molecule has 0 aromatic heterocycles. The highest BCUT2D eigenvalue weighted by atomic mass is 35.5. The summed E-state index contributed by atoms with van der Waals surface area (Å²) in [6.07, 6.45) is 6.62. The van der Waals surface area contributed by atoms with Crippen molar-refractivity contribution in [3.63, 3.8) is 0 Å². The second kappa shape index (κ2) is 9.25. The molecule has 0 atom stereocenters. The van der Waals surface area contributed by atoms with Gasteiger partial charge in [-0.2, -0.15) is 0 Å². The summed E-state index contributed by atoms with van der Waals surface area (Å²) >= 11 is 26.0. The zero-order chi connectivity index (χ0) is 20.2. The van der Waals surface area contributed by atoms with Crippen LogP contribution in [-0.2, 0) is 5.41 Å². The molecule has 0 radical (unpaired) electrons. The summed E-state index contributed by atoms with van der Waals surface area (Å²) in [4.78, 5) is 0. The summed E-state index contributed by atoms with van der Waals surface area (Å²) in [7, 11) is 0. The van der Waals surface area contributed by atoms with Crippen molar-refractivity contribution in [2.24, 2.45) is 0 Å². The highest BCUT2D eigenvalue weighted by Gasteiger charge is 2.33. The number of allylic oxidation sites excluding steroid dienone is 2. The van der Waals surface area contributed by atoms with Gasteiger partial charge in [0.15, 0.2) is 5.75 Å². The lowest BCUT2D eigenvalue weighted by molar-refractivity contribution is 0.479. The summed E-state index contributed by atoms with van der Waals surface area (Å²) in [6.45, 7) is 7.70. The fourth-order valence-corrected chi connectivity index (χ4v) is 4.04. The number of benzene rings is 2. The minimum atomic E-state index is -0.556. The molecule has 0 saturated heterocycles. The minimum absolute atomic E-state index is 0.222. The molecule has 2 rings (SSSR count). The SMILES string of the molecule is CC=COc1ccc(C(C)(C)c2c(Cl)c(Cl)c(OC=CC)c(Cl)c2Cl)cc1. The van der Waals surface area contributed by atoms with Crippen LogP contribution < -0.4 is 9.47 Å². The Morgan fingerprint density at radius 2 is 1.22 bits per heavy atom. The Morgan fingerprint density at radius 1 is 0.741 bits per heavy atom. The topological polar surface area (TPSA) is 18.5 Å². The Balaban J connectivity index is 2.55. The van der Waals surface area contributed by atoms with E-state index in [1.54, 1.807) is 12.3 Å². The third kappa shape index (κ3) is 4.57. The number of hydrogen-bond acceptors (Lipinski definition) is 2. The first kappa shape index (κ1) is 22.0. The van der Waals surface area contributed by atoms with Crippen LogP contribution >= 0.6 is 46.4 Å². The van der Waals surface area contributed by atoms with Crippen molar-refractivity contribution in [1.82, 2.24) is 0 Å². The van der Waals surface area contributed by atoms with Gasteiger partial charge in [-0.1, -0.05) is 84.5 Å². The number of rotatable bonds is 6. The van der Waals surface area contributed by atoms with Crippen molar-refractivity contribution in [3.05, 3.63) is 80.2 Å². The molecular formula is C21H20Cl4O2. The lowest BCUT2D eigenvalue weighted by Gasteiger charge is -2.29. The highest BCUT2D eigenvalue weighted by molar-refractivity contribution is 6.49. The lowest BCUT2D eigenvalue weighted by Crippen LogP contribution is -2.20. The molecule has 0 bridgehead atoms. The molecule has 0 amide bonds. The average molecular weight is 446 g/mol. The van der Waals surface area contributed by atoms with Crippen LogP contribution in [0.25, 0.3) is 0 Å². The number of hydrogen-bond donors (Lipinski definition) is 0. The molecule has 0 spiro atoms. The third-order valence-electron chi connectivity index (χ3n) is 4.09. The van der Waals surface area contributed by atoms with E-state index in [0.717, 1.165) is 11.3 Å². The molecule has 6 heteroatoms. The summed E-state index contributed by atoms with van der Waals surface area (Å²) < 4.78 is 10.9. The molecule has 2 aromatic carbocycles. The van der Waals surface area contributed by atoms with E-state index in [9.17, 15) is 0 Å². The van der Waals surface area contributed by atoms with Crippen LogP contribution in [0.1, 0.15) is 38.8 Å². The van der Waals surface area contributed by atoms with Crippen molar-refractivity contribution in [2.75, 3.05) is 0 Å². The molecule has 0 N–H and O–H groups in total. The Kier molecular flexibility index (Phi) is 7.53. The first-order chi connectivity index (χ1) is 12.8. The van der Waals surface area contributed by atoms with Crippen molar-refractivity contribution >= 4 is 46.4 Å². The molecule has 0 aliphatic heterocycles. The third-order valence-corrected chi connectivity index (χ3v) is 5.76. The van der Waals surface area contributed by atoms with Gasteiger partial charge in [0.1, 0.15) is 15.8 Å². The molecule has 0 heterocycles. The van der Waals surface area contributed by atoms with Gasteiger partial charge < -0.3 is 9.47 Å². The Labute approximate surface area is 180 Å². The first-order valence-corrected chi connectivity index (χ1v) is 9.79. The molecule has 0 aliphatic carbocycles. The molecule has 0 unspecified atom stereocenters. The molecule has 0 saturated carbocycles. The van der Waals surface area contributed by atoms with Gasteiger partial charge in [0.05, 0.1) is 22.6 Å². The van der Waals surface area contributed by atoms with Crippen molar-refractivity contribution in [1.29, 1.82) is 0 Å². The zero-order valence-corrected chi connectivity index (χ0v) is 18.5. The van der Waals surface area contributed by atoms with E-state index >= 15 is 0 Å². The largest absolute Gasteiger partial charge is 0.465 e. The van der Waals surface area contributed by atoms with Gasteiger partial charge in [-0.3, -0.25) is 0 Å². The van der Waals surface area contributed by atoms with E-state index in [-0.39, 0.29) is 15.8 Å². The van der Waals surface area contributed by atoms with Crippen molar-refractivity contribution in [3.8, 4) is 11.5 Å². The van der Waals surface area contributed by atoms with Crippen LogP contribution in [0.2, 0.25) is 20.1 Å². The molecule has 27 heavy (non-hydrogen) atoms. The van der Waals surface area contributed by atoms with Gasteiger partial charge >= 0.3 is 0 Å². The average Bonchev–Trinajstić information content (AvgIpc) is 2.65. The maximum atomic E-state index is 6.58. The van der Waals surface area contributed by atoms with E-state index in [1.807, 2.05) is 58.0 Å². The van der Waals surface area contributed by atoms with Crippen molar-refractivity contribution < 1.29 is 9.47 Å². The van der Waals surface area contributed by atoms with E-state index in [1.165, 1.54) is 6.26 Å². The predicted octanol–water partition coefficient (Wildman–Crippen LogP) is 8.45. The van der Waals surface area contributed by atoms with Gasteiger partial charge in [0.2, 0.25) is 0 Å². The van der Waals surface area contributed by atoms with Gasteiger partial charge in [-0.25, -0.2) is 0 Å². The number of ether oxygens (including phenoxy) is 2. The summed E-state index contributed by atoms with van der Waals surface area (Å²) in [5, 5.41) is 1.06. The smallest absolute Gasteiger partial charge is 0.166 e. The second-order valence-corrected chi connectivity index (χ2v) is 7.80. The summed E-state index contributed by atoms with van der Waals surface area (Å²) in [5.74, 6) is 0.970. The maximum Gasteiger partial charge on any atom is 0.166 e. The highest BCUT2D eigenvalue weighted by Crippen LogP contribution is 2.51. The fourth-order valence-electron chi connectivity index (χ4n) is 2.64. The Bertz CT molecular complexity index is 840. The molecular weight excluding hydrogens is 426 g/mol. The minimum Gasteiger partial charge on any atom is -0.465 e. The molecule has 2 nitrogen and oxygen atoms in total. The monoisotopic (exact) mass is 444 g/mol. The van der Waals surface area contributed by atoms with E-state index in [4.69, 9.17) is 55.9 Å². The molecule has 0 aliphatic rings. The molecule has 144 valence electrons. The van der Waals surface area contributed by atoms with Crippen LogP contribution in [0.15, 0.2) is 48.9 Å². The first-order valence-electron chi connectivity index (χ1n) is 8.28. The van der Waals surface area contributed by atoms with E-state index < -0.39 is 5.41 Å². The normalized spacial score (nSPS) is 12.1. The summed E-state index contributed by atoms with van der Waals surface area (Å²) in [6, 6.07) is 7.67. The predicted molar refractivity (Wildman–Crippen MR) is 116 cm³/mol. The van der Waals surface area contributed by atoms with Crippen LogP contribution in [0.5, 0.6) is 11.5 Å². The van der Waals surface area contributed by atoms with Gasteiger partial charge in [-0.05, 0) is 31.5 Å². The van der Waals surface area contributed by atoms with Crippen LogP contribution in [0.4, 0.5) is 0 Å². The Hall–Kier alpha value is -1.32. The number of halogens is 4. The molecule has 2 aromatic rings. The Morgan fingerprint density at radius 3 is 1.70 bits per heavy atom. The van der Waals surface area contributed by atoms with Crippen LogP contribution in [0, 0.1) is 0 Å². The summed E-state index contributed by atoms with van der Waals surface area (Å²) in [5.41, 5.74) is 1.06. The van der Waals surface area contributed by atoms with E-state index in [2.05, 4.69) is 0 Å². The standard InChI is InChI=1S/C21H20Cl4O2/c1-5-11-26-14-9-7-13(8-10-14)21(3,4)15-16(22)18(24)20(27-12-6-2)19(25)17(15)23/h5-12H,1-4H3. The van der Waals surface area contributed by atoms with Crippen LogP contribution in [-0.4, -0.2) is 0 Å². The maximum absolute atomic E-state index is 6.58. The van der Waals surface area contributed by atoms with E-state index in [0.29, 0.717) is 15.6 Å². The lowest BCUT2D eigenvalue weighted by atomic mass is 9.78. The van der Waals surface area contributed by atoms with Crippen LogP contribution in [0.3, 0.4) is 0 Å². The van der Waals surface area contributed by atoms with Crippen molar-refractivity contribution in [2.45, 2.75) is 33.1 Å². The fraction of sp³-hybridized carbons (Fsp3) is 0.238. The van der Waals surface area contributed by atoms with Gasteiger partial charge in [0, 0.05) is 11.0 Å². The zero-order valence-electron chi connectivity index (χ0n) is 15.4. The van der Waals surface area contributed by atoms with Gasteiger partial charge in [0.25, 0.3) is 0 Å². The van der Waals surface area contributed by atoms with Gasteiger partial charge in [-0.15, -0.1) is 0 Å². The quantitative estimate of drug-likeness (QED) is 0.328. The molecule has 0 fully saturated rings. The second-order valence-electron chi connectivity index (χ2n) is 6.28.